The maximum atomic E-state index is 9.39. The molecule has 1 N–H and O–H groups in total. The SMILES string of the molecule is Oc1ccc(CCCN2C3CCC2CC(Cc2ccccc2)C3)cc1. The molecule has 2 aromatic carbocycles. The Balaban J connectivity index is 1.28. The number of benzene rings is 2. The van der Waals surface area contributed by atoms with Gasteiger partial charge in [-0.2, -0.15) is 0 Å². The van der Waals surface area contributed by atoms with Crippen molar-refractivity contribution in [2.75, 3.05) is 6.54 Å². The molecule has 25 heavy (non-hydrogen) atoms. The molecule has 2 heteroatoms. The van der Waals surface area contributed by atoms with Crippen molar-refractivity contribution in [3.63, 3.8) is 0 Å². The molecule has 0 spiro atoms. The number of phenolic OH excluding ortho intramolecular Hbond substituents is 1. The molecule has 2 bridgehead atoms. The van der Waals surface area contributed by atoms with E-state index in [1.54, 1.807) is 12.1 Å². The lowest BCUT2D eigenvalue weighted by molar-refractivity contribution is 0.102. The fraction of sp³-hybridized carbons (Fsp3) is 0.478. The second-order valence-electron chi connectivity index (χ2n) is 7.92. The first-order chi connectivity index (χ1) is 12.3. The van der Waals surface area contributed by atoms with Gasteiger partial charge in [0.05, 0.1) is 0 Å². The zero-order valence-electron chi connectivity index (χ0n) is 15.0. The number of aromatic hydroxyl groups is 1. The van der Waals surface area contributed by atoms with Gasteiger partial charge < -0.3 is 5.11 Å². The number of nitrogens with zero attached hydrogens (tertiary/aromatic N) is 1. The highest BCUT2D eigenvalue weighted by molar-refractivity contribution is 5.25. The highest BCUT2D eigenvalue weighted by Gasteiger charge is 2.39. The Kier molecular flexibility index (Phi) is 5.07. The van der Waals surface area contributed by atoms with Gasteiger partial charge >= 0.3 is 0 Å². The second-order valence-corrected chi connectivity index (χ2v) is 7.92. The summed E-state index contributed by atoms with van der Waals surface area (Å²) in [6.45, 7) is 1.23. The monoisotopic (exact) mass is 335 g/mol. The van der Waals surface area contributed by atoms with E-state index in [9.17, 15) is 5.11 Å². The zero-order valence-corrected chi connectivity index (χ0v) is 15.0. The van der Waals surface area contributed by atoms with Crippen LogP contribution in [-0.4, -0.2) is 28.6 Å². The van der Waals surface area contributed by atoms with E-state index in [0.29, 0.717) is 5.75 Å². The predicted molar refractivity (Wildman–Crippen MR) is 103 cm³/mol. The van der Waals surface area contributed by atoms with E-state index in [2.05, 4.69) is 47.4 Å². The Morgan fingerprint density at radius 2 is 1.52 bits per heavy atom. The van der Waals surface area contributed by atoms with Gasteiger partial charge in [-0.15, -0.1) is 0 Å². The Morgan fingerprint density at radius 1 is 0.840 bits per heavy atom. The van der Waals surface area contributed by atoms with Gasteiger partial charge in [0, 0.05) is 12.1 Å². The number of rotatable bonds is 6. The lowest BCUT2D eigenvalue weighted by atomic mass is 9.85. The number of hydrogen-bond donors (Lipinski definition) is 1. The topological polar surface area (TPSA) is 23.5 Å². The van der Waals surface area contributed by atoms with Crippen LogP contribution in [0.3, 0.4) is 0 Å². The zero-order chi connectivity index (χ0) is 17.1. The molecule has 2 saturated heterocycles. The number of hydrogen-bond acceptors (Lipinski definition) is 2. The summed E-state index contributed by atoms with van der Waals surface area (Å²) in [5, 5.41) is 9.39. The lowest BCUT2D eigenvalue weighted by Crippen LogP contribution is -2.43. The summed E-state index contributed by atoms with van der Waals surface area (Å²) in [7, 11) is 0. The summed E-state index contributed by atoms with van der Waals surface area (Å²) in [6, 6.07) is 20.3. The van der Waals surface area contributed by atoms with Gasteiger partial charge in [0.2, 0.25) is 0 Å². The van der Waals surface area contributed by atoms with Crippen LogP contribution >= 0.6 is 0 Å². The molecule has 2 unspecified atom stereocenters. The fourth-order valence-electron chi connectivity index (χ4n) is 4.99. The standard InChI is InChI=1S/C23H29NO/c25-23-12-8-18(9-13-23)7-4-14-24-21-10-11-22(24)17-20(16-21)15-19-5-2-1-3-6-19/h1-3,5-6,8-9,12-13,20-22,25H,4,7,10-11,14-17H2. The smallest absolute Gasteiger partial charge is 0.115 e. The van der Waals surface area contributed by atoms with Crippen molar-refractivity contribution in [1.82, 2.24) is 4.90 Å². The van der Waals surface area contributed by atoms with Crippen LogP contribution in [0.1, 0.15) is 43.2 Å². The molecular formula is C23H29NO. The predicted octanol–water partition coefficient (Wildman–Crippen LogP) is 4.81. The van der Waals surface area contributed by atoms with E-state index in [1.165, 1.54) is 56.2 Å². The van der Waals surface area contributed by atoms with Crippen LogP contribution < -0.4 is 0 Å². The molecule has 2 fully saturated rings. The molecule has 2 nitrogen and oxygen atoms in total. The minimum absolute atomic E-state index is 0.363. The number of fused-ring (bicyclic) bond motifs is 2. The van der Waals surface area contributed by atoms with Crippen LogP contribution in [0, 0.1) is 5.92 Å². The highest BCUT2D eigenvalue weighted by atomic mass is 16.3. The van der Waals surface area contributed by atoms with Crippen LogP contribution in [0.4, 0.5) is 0 Å². The van der Waals surface area contributed by atoms with Crippen LogP contribution in [0.5, 0.6) is 5.75 Å². The first-order valence-electron chi connectivity index (χ1n) is 9.85. The second kappa shape index (κ2) is 7.61. The van der Waals surface area contributed by atoms with E-state index < -0.39 is 0 Å². The molecule has 4 rings (SSSR count). The third kappa shape index (κ3) is 4.07. The summed E-state index contributed by atoms with van der Waals surface area (Å²) in [5.74, 6) is 1.23. The van der Waals surface area contributed by atoms with Gasteiger partial charge in [0.15, 0.2) is 0 Å². The molecule has 132 valence electrons. The number of phenols is 1. The Hall–Kier alpha value is -1.80. The van der Waals surface area contributed by atoms with Gasteiger partial charge in [-0.25, -0.2) is 0 Å². The van der Waals surface area contributed by atoms with E-state index in [0.717, 1.165) is 24.4 Å². The van der Waals surface area contributed by atoms with Crippen LogP contribution in [0.15, 0.2) is 54.6 Å². The summed E-state index contributed by atoms with van der Waals surface area (Å²) >= 11 is 0. The molecule has 2 atom stereocenters. The molecule has 0 aliphatic carbocycles. The Morgan fingerprint density at radius 3 is 2.20 bits per heavy atom. The maximum absolute atomic E-state index is 9.39. The van der Waals surface area contributed by atoms with Gasteiger partial charge in [0.1, 0.15) is 5.75 Å². The van der Waals surface area contributed by atoms with Gasteiger partial charge in [0.25, 0.3) is 0 Å². The summed E-state index contributed by atoms with van der Waals surface area (Å²) < 4.78 is 0. The molecule has 0 radical (unpaired) electrons. The van der Waals surface area contributed by atoms with E-state index in [1.807, 2.05) is 0 Å². The van der Waals surface area contributed by atoms with Crippen molar-refractivity contribution in [1.29, 1.82) is 0 Å². The fourth-order valence-corrected chi connectivity index (χ4v) is 4.99. The average molecular weight is 335 g/mol. The van der Waals surface area contributed by atoms with E-state index >= 15 is 0 Å². The molecular weight excluding hydrogens is 306 g/mol. The third-order valence-electron chi connectivity index (χ3n) is 6.17. The maximum Gasteiger partial charge on any atom is 0.115 e. The van der Waals surface area contributed by atoms with Gasteiger partial charge in [-0.05, 0) is 80.7 Å². The third-order valence-corrected chi connectivity index (χ3v) is 6.17. The van der Waals surface area contributed by atoms with Crippen molar-refractivity contribution in [3.8, 4) is 5.75 Å². The van der Waals surface area contributed by atoms with Crippen molar-refractivity contribution in [2.24, 2.45) is 5.92 Å². The Bertz CT molecular complexity index is 652. The van der Waals surface area contributed by atoms with Gasteiger partial charge in [-0.3, -0.25) is 4.90 Å². The molecule has 2 aliphatic heterocycles. The van der Waals surface area contributed by atoms with Crippen molar-refractivity contribution < 1.29 is 5.11 Å². The molecule has 0 aromatic heterocycles. The van der Waals surface area contributed by atoms with Crippen LogP contribution in [0.25, 0.3) is 0 Å². The van der Waals surface area contributed by atoms with Gasteiger partial charge in [-0.1, -0.05) is 42.5 Å². The average Bonchev–Trinajstić information content (AvgIpc) is 2.87. The lowest BCUT2D eigenvalue weighted by Gasteiger charge is -2.39. The van der Waals surface area contributed by atoms with Crippen LogP contribution in [0.2, 0.25) is 0 Å². The first kappa shape index (κ1) is 16.7. The first-order valence-corrected chi connectivity index (χ1v) is 9.85. The minimum atomic E-state index is 0.363. The molecule has 0 saturated carbocycles. The number of aryl methyl sites for hydroxylation is 1. The molecule has 2 aromatic rings. The minimum Gasteiger partial charge on any atom is -0.508 e. The Labute approximate surface area is 151 Å². The largest absolute Gasteiger partial charge is 0.508 e. The van der Waals surface area contributed by atoms with Crippen LogP contribution in [-0.2, 0) is 12.8 Å². The molecule has 2 heterocycles. The van der Waals surface area contributed by atoms with E-state index in [-0.39, 0.29) is 0 Å². The quantitative estimate of drug-likeness (QED) is 0.819. The molecule has 2 aliphatic rings. The van der Waals surface area contributed by atoms with Crippen molar-refractivity contribution in [2.45, 2.75) is 57.0 Å². The summed E-state index contributed by atoms with van der Waals surface area (Å²) in [5.41, 5.74) is 2.84. The highest BCUT2D eigenvalue weighted by Crippen LogP contribution is 2.39. The summed E-state index contributed by atoms with van der Waals surface area (Å²) in [6.07, 6.45) is 9.15. The van der Waals surface area contributed by atoms with Crippen molar-refractivity contribution >= 4 is 0 Å². The normalized spacial score (nSPS) is 26.0. The van der Waals surface area contributed by atoms with E-state index in [4.69, 9.17) is 0 Å². The summed E-state index contributed by atoms with van der Waals surface area (Å²) in [4.78, 5) is 2.81. The van der Waals surface area contributed by atoms with Crippen molar-refractivity contribution in [3.05, 3.63) is 65.7 Å². The molecule has 0 amide bonds. The number of piperidine rings is 1.